The maximum Gasteiger partial charge on any atom is 0.269 e. The number of carbonyl (C=O) groups is 1. The number of fused-ring (bicyclic) bond motifs is 2. The Morgan fingerprint density at radius 3 is 3.08 bits per heavy atom. The maximum absolute atomic E-state index is 12.4. The first-order chi connectivity index (χ1) is 11.5. The van der Waals surface area contributed by atoms with E-state index in [0.717, 1.165) is 17.0 Å². The molecule has 1 amide bonds. The van der Waals surface area contributed by atoms with Crippen LogP contribution in [0.25, 0.3) is 0 Å². The van der Waals surface area contributed by atoms with Crippen LogP contribution in [-0.4, -0.2) is 44.9 Å². The number of imidazole rings is 1. The van der Waals surface area contributed by atoms with Crippen LogP contribution in [0, 0.1) is 6.92 Å². The first kappa shape index (κ1) is 15.0. The Kier molecular flexibility index (Phi) is 3.45. The molecule has 126 valence electrons. The average Bonchev–Trinajstić information content (AvgIpc) is 3.10. The number of nitrogens with zero attached hydrogens (tertiary/aromatic N) is 2. The van der Waals surface area contributed by atoms with Gasteiger partial charge in [0.2, 0.25) is 0 Å². The largest absolute Gasteiger partial charge is 0.486 e. The normalized spacial score (nSPS) is 27.6. The number of amides is 1. The molecule has 7 heteroatoms. The number of nitrogens with one attached hydrogen (secondary N) is 2. The zero-order valence-corrected chi connectivity index (χ0v) is 13.6. The maximum atomic E-state index is 12.4. The summed E-state index contributed by atoms with van der Waals surface area (Å²) < 4.78 is 7.67. The van der Waals surface area contributed by atoms with Crippen LogP contribution in [0.2, 0.25) is 0 Å². The fourth-order valence-corrected chi connectivity index (χ4v) is 3.47. The fraction of sp³-hybridized carbons (Fsp3) is 0.412. The van der Waals surface area contributed by atoms with Gasteiger partial charge in [0.15, 0.2) is 0 Å². The van der Waals surface area contributed by atoms with Crippen molar-refractivity contribution in [3.8, 4) is 5.75 Å². The summed E-state index contributed by atoms with van der Waals surface area (Å²) in [6, 6.07) is 5.32. The zero-order chi connectivity index (χ0) is 16.8. The van der Waals surface area contributed by atoms with Crippen LogP contribution < -0.4 is 15.4 Å². The van der Waals surface area contributed by atoms with Crippen molar-refractivity contribution < 1.29 is 14.6 Å². The van der Waals surface area contributed by atoms with Gasteiger partial charge in [0.05, 0.1) is 36.4 Å². The molecule has 1 aromatic heterocycles. The summed E-state index contributed by atoms with van der Waals surface area (Å²) in [6.45, 7) is 2.01. The van der Waals surface area contributed by atoms with Crippen LogP contribution in [0.5, 0.6) is 5.75 Å². The van der Waals surface area contributed by atoms with E-state index in [9.17, 15) is 9.90 Å². The number of aliphatic hydroxyl groups is 1. The minimum atomic E-state index is -0.721. The molecular weight excluding hydrogens is 308 g/mol. The third-order valence-electron chi connectivity index (χ3n) is 4.77. The molecule has 24 heavy (non-hydrogen) atoms. The molecule has 3 N–H and O–H groups in total. The number of aliphatic hydroxyl groups excluding tert-OH is 1. The molecule has 0 radical (unpaired) electrons. The number of aromatic nitrogens is 2. The van der Waals surface area contributed by atoms with Crippen LogP contribution >= 0.6 is 0 Å². The minimum absolute atomic E-state index is 0.174. The van der Waals surface area contributed by atoms with Crippen molar-refractivity contribution in [2.24, 2.45) is 7.05 Å². The number of carbonyl (C=O) groups excluding carboxylic acids is 1. The molecule has 0 unspecified atom stereocenters. The predicted molar refractivity (Wildman–Crippen MR) is 88.1 cm³/mol. The smallest absolute Gasteiger partial charge is 0.269 e. The first-order valence-corrected chi connectivity index (χ1v) is 8.02. The van der Waals surface area contributed by atoms with Crippen molar-refractivity contribution in [3.63, 3.8) is 0 Å². The van der Waals surface area contributed by atoms with E-state index in [1.807, 2.05) is 25.1 Å². The number of aryl methyl sites for hydroxylation is 2. The highest BCUT2D eigenvalue weighted by molar-refractivity contribution is 5.92. The van der Waals surface area contributed by atoms with Gasteiger partial charge in [-0.05, 0) is 24.6 Å². The van der Waals surface area contributed by atoms with Gasteiger partial charge in [-0.1, -0.05) is 6.07 Å². The van der Waals surface area contributed by atoms with E-state index < -0.39 is 6.10 Å². The number of ether oxygens (including phenoxy) is 1. The number of rotatable bonds is 2. The van der Waals surface area contributed by atoms with Crippen LogP contribution in [-0.2, 0) is 7.05 Å². The van der Waals surface area contributed by atoms with Gasteiger partial charge in [-0.25, -0.2) is 4.98 Å². The number of benzene rings is 1. The van der Waals surface area contributed by atoms with Gasteiger partial charge in [-0.15, -0.1) is 0 Å². The van der Waals surface area contributed by atoms with E-state index in [4.69, 9.17) is 4.74 Å². The van der Waals surface area contributed by atoms with Gasteiger partial charge in [0.25, 0.3) is 5.91 Å². The molecule has 2 heterocycles. The Balaban J connectivity index is 1.50. The van der Waals surface area contributed by atoms with Crippen molar-refractivity contribution >= 4 is 11.6 Å². The molecule has 1 aromatic carbocycles. The second-order valence-electron chi connectivity index (χ2n) is 6.52. The Hall–Kier alpha value is -2.54. The highest BCUT2D eigenvalue weighted by Crippen LogP contribution is 2.38. The molecule has 1 saturated carbocycles. The second-order valence-corrected chi connectivity index (χ2v) is 6.52. The number of hydrogen-bond donors (Lipinski definition) is 3. The lowest BCUT2D eigenvalue weighted by molar-refractivity contribution is 0.0845. The third kappa shape index (κ3) is 2.41. The molecule has 7 nitrogen and oxygen atoms in total. The summed E-state index contributed by atoms with van der Waals surface area (Å²) in [5.74, 6) is 0.540. The zero-order valence-electron chi connectivity index (χ0n) is 13.6. The topological polar surface area (TPSA) is 88.4 Å². The Bertz CT molecular complexity index is 788. The summed E-state index contributed by atoms with van der Waals surface area (Å²) in [7, 11) is 1.76. The fourth-order valence-electron chi connectivity index (χ4n) is 3.47. The molecule has 0 bridgehead atoms. The van der Waals surface area contributed by atoms with Gasteiger partial charge in [-0.2, -0.15) is 0 Å². The van der Waals surface area contributed by atoms with Gasteiger partial charge in [-0.3, -0.25) is 4.79 Å². The van der Waals surface area contributed by atoms with E-state index in [-0.39, 0.29) is 24.1 Å². The van der Waals surface area contributed by atoms with Crippen LogP contribution in [0.4, 0.5) is 5.69 Å². The van der Waals surface area contributed by atoms with Crippen molar-refractivity contribution in [1.82, 2.24) is 14.9 Å². The van der Waals surface area contributed by atoms with Gasteiger partial charge < -0.3 is 25.0 Å². The first-order valence-electron chi connectivity index (χ1n) is 8.02. The Morgan fingerprint density at radius 1 is 1.50 bits per heavy atom. The minimum Gasteiger partial charge on any atom is -0.486 e. The van der Waals surface area contributed by atoms with Gasteiger partial charge >= 0.3 is 0 Å². The quantitative estimate of drug-likeness (QED) is 0.760. The number of hydrogen-bond acceptors (Lipinski definition) is 5. The highest BCUT2D eigenvalue weighted by Gasteiger charge is 2.47. The lowest BCUT2D eigenvalue weighted by Gasteiger charge is -2.32. The van der Waals surface area contributed by atoms with Crippen molar-refractivity contribution in [1.29, 1.82) is 0 Å². The monoisotopic (exact) mass is 328 g/mol. The van der Waals surface area contributed by atoms with E-state index in [1.165, 1.54) is 6.20 Å². The molecule has 2 aliphatic rings. The molecule has 2 aromatic rings. The van der Waals surface area contributed by atoms with Gasteiger partial charge in [0.1, 0.15) is 17.5 Å². The molecule has 1 aliphatic heterocycles. The van der Waals surface area contributed by atoms with Gasteiger partial charge in [0, 0.05) is 13.5 Å². The lowest BCUT2D eigenvalue weighted by Crippen LogP contribution is -2.47. The summed E-state index contributed by atoms with van der Waals surface area (Å²) in [4.78, 5) is 16.3. The van der Waals surface area contributed by atoms with Crippen LogP contribution in [0.1, 0.15) is 22.5 Å². The highest BCUT2D eigenvalue weighted by atomic mass is 16.5. The second kappa shape index (κ2) is 5.52. The van der Waals surface area contributed by atoms with E-state index in [2.05, 4.69) is 15.6 Å². The average molecular weight is 328 g/mol. The SMILES string of the molecule is Cc1ccc2c(c1)N[C@H]1[C@H](O)[C@H](NC(=O)c3cncn3C)C[C@H]1O2. The van der Waals surface area contributed by atoms with Crippen LogP contribution in [0.3, 0.4) is 0 Å². The molecule has 0 spiro atoms. The molecule has 1 aliphatic carbocycles. The Labute approximate surface area is 139 Å². The van der Waals surface area contributed by atoms with Crippen molar-refractivity contribution in [3.05, 3.63) is 42.0 Å². The van der Waals surface area contributed by atoms with E-state index in [1.54, 1.807) is 17.9 Å². The predicted octanol–water partition coefficient (Wildman–Crippen LogP) is 0.833. The van der Waals surface area contributed by atoms with Crippen LogP contribution in [0.15, 0.2) is 30.7 Å². The molecule has 4 rings (SSSR count). The third-order valence-corrected chi connectivity index (χ3v) is 4.77. The molecular formula is C17H20N4O3. The molecule has 1 fully saturated rings. The number of anilines is 1. The lowest BCUT2D eigenvalue weighted by atomic mass is 10.1. The Morgan fingerprint density at radius 2 is 2.33 bits per heavy atom. The molecule has 4 atom stereocenters. The summed E-state index contributed by atoms with van der Waals surface area (Å²) in [5, 5.41) is 16.9. The summed E-state index contributed by atoms with van der Waals surface area (Å²) in [5.41, 5.74) is 2.47. The van der Waals surface area contributed by atoms with Crippen molar-refractivity contribution in [2.75, 3.05) is 5.32 Å². The van der Waals surface area contributed by atoms with E-state index in [0.29, 0.717) is 12.1 Å². The summed E-state index contributed by atoms with van der Waals surface area (Å²) >= 11 is 0. The molecule has 0 saturated heterocycles. The van der Waals surface area contributed by atoms with E-state index >= 15 is 0 Å². The standard InChI is InChI=1S/C17H20N4O3/c1-9-3-4-13-10(5-9)19-15-14(24-13)6-11(16(15)22)20-17(23)12-7-18-8-21(12)2/h3-5,7-8,11,14-16,19,22H,6H2,1-2H3,(H,20,23)/t11-,14-,15-,16-/m1/s1. The summed E-state index contributed by atoms with van der Waals surface area (Å²) in [6.07, 6.45) is 2.74. The van der Waals surface area contributed by atoms with Crippen molar-refractivity contribution in [2.45, 2.75) is 37.6 Å².